The first-order chi connectivity index (χ1) is 9.59. The minimum atomic E-state index is 0.164. The molecule has 0 spiro atoms. The van der Waals surface area contributed by atoms with Gasteiger partial charge in [-0.2, -0.15) is 0 Å². The molecule has 0 radical (unpaired) electrons. The minimum absolute atomic E-state index is 0.164. The number of aryl methyl sites for hydroxylation is 1. The molecule has 2 aromatic rings. The van der Waals surface area contributed by atoms with E-state index < -0.39 is 0 Å². The molecule has 0 unspecified atom stereocenters. The van der Waals surface area contributed by atoms with Gasteiger partial charge in [-0.1, -0.05) is 36.4 Å². The van der Waals surface area contributed by atoms with Gasteiger partial charge in [0, 0.05) is 11.6 Å². The van der Waals surface area contributed by atoms with Gasteiger partial charge >= 0.3 is 0 Å². The minimum Gasteiger partial charge on any atom is -0.309 e. The van der Waals surface area contributed by atoms with Crippen LogP contribution in [0.5, 0.6) is 0 Å². The molecular weight excluding hydrogens is 246 g/mol. The van der Waals surface area contributed by atoms with Crippen LogP contribution in [0, 0.1) is 6.92 Å². The van der Waals surface area contributed by atoms with Crippen molar-refractivity contribution < 1.29 is 4.79 Å². The number of carbonyl (C=O) groups excluding carboxylic acids is 1. The van der Waals surface area contributed by atoms with Gasteiger partial charge in [-0.15, -0.1) is 0 Å². The standard InChI is InChI=1S/C18H19NO/c1-12(2)19-16-10-6-7-13(3)18(16)15-9-5-4-8-14(15)11-17(19)20/h4-10,12H,11H2,1-3H3. The lowest BCUT2D eigenvalue weighted by Crippen LogP contribution is -2.37. The Balaban J connectivity index is 2.35. The summed E-state index contributed by atoms with van der Waals surface area (Å²) in [5.74, 6) is 0.178. The zero-order chi connectivity index (χ0) is 14.3. The molecule has 0 atom stereocenters. The number of amides is 1. The van der Waals surface area contributed by atoms with E-state index in [4.69, 9.17) is 0 Å². The third-order valence-electron chi connectivity index (χ3n) is 3.92. The zero-order valence-electron chi connectivity index (χ0n) is 12.2. The zero-order valence-corrected chi connectivity index (χ0v) is 12.2. The summed E-state index contributed by atoms with van der Waals surface area (Å²) in [6.45, 7) is 6.25. The van der Waals surface area contributed by atoms with Gasteiger partial charge in [-0.05, 0) is 43.5 Å². The highest BCUT2D eigenvalue weighted by Gasteiger charge is 2.27. The molecule has 1 aliphatic heterocycles. The average molecular weight is 265 g/mol. The Bertz CT molecular complexity index is 673. The summed E-state index contributed by atoms with van der Waals surface area (Å²) in [6.07, 6.45) is 0.475. The number of hydrogen-bond acceptors (Lipinski definition) is 1. The maximum atomic E-state index is 12.6. The van der Waals surface area contributed by atoms with Crippen LogP contribution in [-0.4, -0.2) is 11.9 Å². The quantitative estimate of drug-likeness (QED) is 0.764. The van der Waals surface area contributed by atoms with E-state index in [0.29, 0.717) is 6.42 Å². The first-order valence-electron chi connectivity index (χ1n) is 7.09. The van der Waals surface area contributed by atoms with Crippen LogP contribution in [0.25, 0.3) is 11.1 Å². The van der Waals surface area contributed by atoms with Crippen LogP contribution in [0.4, 0.5) is 5.69 Å². The summed E-state index contributed by atoms with van der Waals surface area (Å²) >= 11 is 0. The van der Waals surface area contributed by atoms with Crippen molar-refractivity contribution >= 4 is 11.6 Å². The Morgan fingerprint density at radius 3 is 2.55 bits per heavy atom. The summed E-state index contributed by atoms with van der Waals surface area (Å²) in [7, 11) is 0. The highest BCUT2D eigenvalue weighted by molar-refractivity contribution is 6.03. The monoisotopic (exact) mass is 265 g/mol. The Morgan fingerprint density at radius 1 is 1.05 bits per heavy atom. The highest BCUT2D eigenvalue weighted by Crippen LogP contribution is 2.39. The molecule has 0 bridgehead atoms. The first-order valence-corrected chi connectivity index (χ1v) is 7.09. The molecular formula is C18H19NO. The largest absolute Gasteiger partial charge is 0.309 e. The molecule has 3 rings (SSSR count). The van der Waals surface area contributed by atoms with Gasteiger partial charge in [-0.3, -0.25) is 4.79 Å². The van der Waals surface area contributed by atoms with Crippen LogP contribution >= 0.6 is 0 Å². The Hall–Kier alpha value is -2.09. The highest BCUT2D eigenvalue weighted by atomic mass is 16.2. The van der Waals surface area contributed by atoms with Crippen molar-refractivity contribution in [3.8, 4) is 11.1 Å². The van der Waals surface area contributed by atoms with Gasteiger partial charge in [0.05, 0.1) is 12.1 Å². The number of fused-ring (bicyclic) bond motifs is 3. The predicted octanol–water partition coefficient (Wildman–Crippen LogP) is 3.96. The molecule has 0 N–H and O–H groups in total. The van der Waals surface area contributed by atoms with Crippen molar-refractivity contribution in [1.82, 2.24) is 0 Å². The lowest BCUT2D eigenvalue weighted by molar-refractivity contribution is -0.118. The van der Waals surface area contributed by atoms with Gasteiger partial charge < -0.3 is 4.90 Å². The molecule has 2 nitrogen and oxygen atoms in total. The maximum Gasteiger partial charge on any atom is 0.231 e. The molecule has 0 aliphatic carbocycles. The Labute approximate surface area is 120 Å². The molecule has 0 fully saturated rings. The SMILES string of the molecule is Cc1cccc2c1-c1ccccc1CC(=O)N2C(C)C. The molecule has 1 aliphatic rings. The van der Waals surface area contributed by atoms with Crippen LogP contribution in [0.15, 0.2) is 42.5 Å². The predicted molar refractivity (Wildman–Crippen MR) is 82.9 cm³/mol. The van der Waals surface area contributed by atoms with E-state index in [1.807, 2.05) is 23.1 Å². The van der Waals surface area contributed by atoms with Crippen LogP contribution in [-0.2, 0) is 11.2 Å². The molecule has 1 amide bonds. The van der Waals surface area contributed by atoms with Crippen LogP contribution in [0.1, 0.15) is 25.0 Å². The fourth-order valence-corrected chi connectivity index (χ4v) is 3.07. The fraction of sp³-hybridized carbons (Fsp3) is 0.278. The van der Waals surface area contributed by atoms with Crippen molar-refractivity contribution in [2.24, 2.45) is 0 Å². The van der Waals surface area contributed by atoms with E-state index in [2.05, 4.69) is 45.0 Å². The van der Waals surface area contributed by atoms with Gasteiger partial charge in [0.15, 0.2) is 0 Å². The molecule has 1 heterocycles. The molecule has 0 aromatic heterocycles. The summed E-state index contributed by atoms with van der Waals surface area (Å²) in [4.78, 5) is 14.6. The number of benzene rings is 2. The van der Waals surface area contributed by atoms with E-state index in [-0.39, 0.29) is 11.9 Å². The fourth-order valence-electron chi connectivity index (χ4n) is 3.07. The molecule has 102 valence electrons. The van der Waals surface area contributed by atoms with Gasteiger partial charge in [0.1, 0.15) is 0 Å². The summed E-state index contributed by atoms with van der Waals surface area (Å²) in [6, 6.07) is 14.6. The number of nitrogens with zero attached hydrogens (tertiary/aromatic N) is 1. The van der Waals surface area contributed by atoms with E-state index >= 15 is 0 Å². The third kappa shape index (κ3) is 1.92. The van der Waals surface area contributed by atoms with E-state index in [0.717, 1.165) is 11.3 Å². The molecule has 2 aromatic carbocycles. The van der Waals surface area contributed by atoms with E-state index in [9.17, 15) is 4.79 Å². The second-order valence-electron chi connectivity index (χ2n) is 5.66. The number of hydrogen-bond donors (Lipinski definition) is 0. The molecule has 0 saturated heterocycles. The first kappa shape index (κ1) is 12.9. The lowest BCUT2D eigenvalue weighted by atomic mass is 9.94. The summed E-state index contributed by atoms with van der Waals surface area (Å²) in [5, 5.41) is 0. The van der Waals surface area contributed by atoms with Crippen molar-refractivity contribution in [3.63, 3.8) is 0 Å². The third-order valence-corrected chi connectivity index (χ3v) is 3.92. The molecule has 20 heavy (non-hydrogen) atoms. The number of carbonyl (C=O) groups is 1. The van der Waals surface area contributed by atoms with Crippen molar-refractivity contribution in [1.29, 1.82) is 0 Å². The van der Waals surface area contributed by atoms with Crippen molar-refractivity contribution in [3.05, 3.63) is 53.6 Å². The maximum absolute atomic E-state index is 12.6. The Kier molecular flexibility index (Phi) is 3.09. The summed E-state index contributed by atoms with van der Waals surface area (Å²) in [5.41, 5.74) is 5.76. The average Bonchev–Trinajstić information content (AvgIpc) is 2.52. The number of anilines is 1. The summed E-state index contributed by atoms with van der Waals surface area (Å²) < 4.78 is 0. The Morgan fingerprint density at radius 2 is 1.80 bits per heavy atom. The number of rotatable bonds is 1. The smallest absolute Gasteiger partial charge is 0.231 e. The topological polar surface area (TPSA) is 20.3 Å². The second-order valence-corrected chi connectivity index (χ2v) is 5.66. The lowest BCUT2D eigenvalue weighted by Gasteiger charge is -2.27. The van der Waals surface area contributed by atoms with Gasteiger partial charge in [-0.25, -0.2) is 0 Å². The van der Waals surface area contributed by atoms with Gasteiger partial charge in [0.2, 0.25) is 5.91 Å². The second kappa shape index (κ2) is 4.78. The molecule has 0 saturated carbocycles. The van der Waals surface area contributed by atoms with Crippen LogP contribution in [0.2, 0.25) is 0 Å². The van der Waals surface area contributed by atoms with Gasteiger partial charge in [0.25, 0.3) is 0 Å². The van der Waals surface area contributed by atoms with E-state index in [1.54, 1.807) is 0 Å². The van der Waals surface area contributed by atoms with E-state index in [1.165, 1.54) is 16.7 Å². The van der Waals surface area contributed by atoms with Crippen LogP contribution in [0.3, 0.4) is 0 Å². The van der Waals surface area contributed by atoms with Crippen molar-refractivity contribution in [2.45, 2.75) is 33.2 Å². The normalized spacial score (nSPS) is 14.0. The van der Waals surface area contributed by atoms with Crippen molar-refractivity contribution in [2.75, 3.05) is 4.90 Å². The molecule has 2 heteroatoms. The van der Waals surface area contributed by atoms with Crippen LogP contribution < -0.4 is 4.90 Å².